The van der Waals surface area contributed by atoms with Crippen molar-refractivity contribution in [3.63, 3.8) is 0 Å². The number of aliphatic hydroxyl groups is 9. The van der Waals surface area contributed by atoms with E-state index in [2.05, 4.69) is 0 Å². The van der Waals surface area contributed by atoms with E-state index in [0.29, 0.717) is 0 Å². The van der Waals surface area contributed by atoms with Crippen LogP contribution in [0.25, 0.3) is 22.3 Å². The molecule has 17 atom stereocenters. The number of ether oxygens (including phenoxy) is 8. The van der Waals surface area contributed by atoms with E-state index in [9.17, 15) is 75.7 Å². The zero-order chi connectivity index (χ0) is 48.5. The van der Waals surface area contributed by atoms with Gasteiger partial charge in [0.15, 0.2) is 29.7 Å². The van der Waals surface area contributed by atoms with Crippen LogP contribution in [0.1, 0.15) is 34.1 Å². The van der Waals surface area contributed by atoms with E-state index in [1.807, 2.05) is 0 Å². The molecule has 6 rings (SSSR count). The van der Waals surface area contributed by atoms with Gasteiger partial charge in [0.25, 0.3) is 0 Å². The smallest absolute Gasteiger partial charge is 0.311 e. The minimum Gasteiger partial charge on any atom is -0.507 e. The molecule has 366 valence electrons. The molecule has 0 radical (unpaired) electrons. The third-order valence-corrected chi connectivity index (χ3v) is 11.5. The van der Waals surface area contributed by atoms with E-state index in [1.54, 1.807) is 6.92 Å². The third-order valence-electron chi connectivity index (χ3n) is 11.5. The van der Waals surface area contributed by atoms with E-state index < -0.39 is 181 Å². The molecule has 1 aromatic heterocycles. The molecule has 24 nitrogen and oxygen atoms in total. The van der Waals surface area contributed by atoms with Crippen molar-refractivity contribution in [2.75, 3.05) is 19.8 Å². The van der Waals surface area contributed by atoms with Crippen molar-refractivity contribution in [1.82, 2.24) is 0 Å². The van der Waals surface area contributed by atoms with Crippen molar-refractivity contribution in [2.24, 2.45) is 11.8 Å². The molecule has 0 saturated carbocycles. The van der Waals surface area contributed by atoms with Gasteiger partial charge in [0.1, 0.15) is 90.1 Å². The van der Waals surface area contributed by atoms with E-state index in [0.717, 1.165) is 24.3 Å². The average Bonchev–Trinajstić information content (AvgIpc) is 3.29. The lowest BCUT2D eigenvalue weighted by atomic mass is 9.97. The number of fused-ring (bicyclic) bond motifs is 1. The normalized spacial score (nSPS) is 33.4. The molecule has 4 heterocycles. The zero-order valence-corrected chi connectivity index (χ0v) is 35.8. The molecule has 3 aliphatic rings. The number of esters is 2. The highest BCUT2D eigenvalue weighted by Gasteiger charge is 2.53. The predicted molar refractivity (Wildman–Crippen MR) is 216 cm³/mol. The predicted octanol–water partition coefficient (Wildman–Crippen LogP) is -2.44. The van der Waals surface area contributed by atoms with Gasteiger partial charge in [-0.2, -0.15) is 0 Å². The molecule has 2 aromatic carbocycles. The van der Waals surface area contributed by atoms with Crippen molar-refractivity contribution < 1.29 is 113 Å². The second-order valence-electron chi connectivity index (χ2n) is 16.3. The minimum absolute atomic E-state index is 0.130. The number of carbonyl (C=O) groups is 2. The summed E-state index contributed by atoms with van der Waals surface area (Å²) in [6.45, 7) is 3.91. The summed E-state index contributed by atoms with van der Waals surface area (Å²) in [7, 11) is 0. The molecule has 0 spiro atoms. The Morgan fingerprint density at radius 2 is 1.35 bits per heavy atom. The Bertz CT molecular complexity index is 2230. The SMILES string of the molecule is CC[C@@H](C)C(=O)O[C@H]1[C@H](Oc2cc(O)c3c(=O)c(O[C@H]4O[C@@H](CO)[C@H](O)[C@@H](O)[C@@H]4O)c(-c4ccc(O)c(O)c4)oc3c2)O[C@@H](C)[C@H](O)[C@H]1O[C@@H]1O[C@H](COC(=O)[C@@H](C)CO)[C@@H](O)[C@H](O)[C@H]1O. The van der Waals surface area contributed by atoms with Gasteiger partial charge in [-0.25, -0.2) is 0 Å². The van der Waals surface area contributed by atoms with Crippen LogP contribution in [0.4, 0.5) is 0 Å². The maximum atomic E-state index is 14.2. The van der Waals surface area contributed by atoms with E-state index in [-0.39, 0.29) is 17.7 Å². The zero-order valence-electron chi connectivity index (χ0n) is 35.8. The third kappa shape index (κ3) is 10.3. The van der Waals surface area contributed by atoms with Crippen molar-refractivity contribution in [3.8, 4) is 40.1 Å². The first-order valence-corrected chi connectivity index (χ1v) is 20.9. The van der Waals surface area contributed by atoms with Crippen molar-refractivity contribution >= 4 is 22.9 Å². The number of aromatic hydroxyl groups is 3. The molecular formula is C42H54O24. The summed E-state index contributed by atoms with van der Waals surface area (Å²) in [4.78, 5) is 39.8. The van der Waals surface area contributed by atoms with Gasteiger partial charge in [-0.3, -0.25) is 14.4 Å². The summed E-state index contributed by atoms with van der Waals surface area (Å²) in [5.41, 5.74) is -1.70. The lowest BCUT2D eigenvalue weighted by molar-refractivity contribution is -0.351. The van der Waals surface area contributed by atoms with Gasteiger partial charge in [-0.15, -0.1) is 0 Å². The molecular weight excluding hydrogens is 888 g/mol. The van der Waals surface area contributed by atoms with Gasteiger partial charge in [-0.05, 0) is 38.5 Å². The van der Waals surface area contributed by atoms with Crippen molar-refractivity contribution in [1.29, 1.82) is 0 Å². The summed E-state index contributed by atoms with van der Waals surface area (Å²) in [6.07, 6.45) is -26.2. The fraction of sp³-hybridized carbons (Fsp3) is 0.595. The molecule has 12 N–H and O–H groups in total. The average molecular weight is 943 g/mol. The van der Waals surface area contributed by atoms with E-state index in [4.69, 9.17) is 42.3 Å². The molecule has 3 fully saturated rings. The Hall–Kier alpha value is -4.93. The van der Waals surface area contributed by atoms with Gasteiger partial charge in [-0.1, -0.05) is 13.8 Å². The summed E-state index contributed by atoms with van der Waals surface area (Å²) in [6, 6.07) is 5.19. The molecule has 24 heteroatoms. The van der Waals surface area contributed by atoms with E-state index in [1.165, 1.54) is 26.8 Å². The number of hydrogen-bond acceptors (Lipinski definition) is 24. The highest BCUT2D eigenvalue weighted by molar-refractivity contribution is 5.88. The number of phenols is 3. The molecule has 66 heavy (non-hydrogen) atoms. The number of phenolic OH excluding ortho intramolecular Hbond substituents is 3. The summed E-state index contributed by atoms with van der Waals surface area (Å²) in [5, 5.41) is 125. The first kappa shape index (κ1) is 50.5. The number of aliphatic hydroxyl groups excluding tert-OH is 9. The van der Waals surface area contributed by atoms with Crippen molar-refractivity contribution in [3.05, 3.63) is 40.6 Å². The Kier molecular flexibility index (Phi) is 16.0. The van der Waals surface area contributed by atoms with Crippen LogP contribution in [-0.2, 0) is 38.0 Å². The molecule has 3 aromatic rings. The summed E-state index contributed by atoms with van der Waals surface area (Å²) < 4.78 is 51.8. The Morgan fingerprint density at radius 3 is 1.98 bits per heavy atom. The maximum Gasteiger partial charge on any atom is 0.311 e. The highest BCUT2D eigenvalue weighted by atomic mass is 16.8. The van der Waals surface area contributed by atoms with Crippen LogP contribution in [0.2, 0.25) is 0 Å². The first-order valence-electron chi connectivity index (χ1n) is 20.9. The maximum absolute atomic E-state index is 14.2. The van der Waals surface area contributed by atoms with Crippen LogP contribution in [-0.4, -0.2) is 185 Å². The van der Waals surface area contributed by atoms with Gasteiger partial charge in [0.05, 0.1) is 31.2 Å². The van der Waals surface area contributed by atoms with Gasteiger partial charge < -0.3 is 104 Å². The second kappa shape index (κ2) is 20.9. The largest absolute Gasteiger partial charge is 0.507 e. The Morgan fingerprint density at radius 1 is 0.697 bits per heavy atom. The minimum atomic E-state index is -2.01. The standard InChI is InChI=1S/C42H54O24/c1-5-14(2)39(57)64-37-35(65-41-33(55)31(53)28(50)24(63-41)13-58-38(56)15(3)11-43)26(48)16(4)59-42(37)60-18-9-21(47)25-22(10-18)61-34(17-6-7-19(45)20(46)8-17)36(29(25)51)66-40-32(54)30(52)27(49)23(12-44)62-40/h6-10,14-16,23-24,26-28,30-33,35,37,40-50,52-55H,5,11-13H2,1-4H3/t14-,15+,16+,23+,24-,26+,27+,28-,30-,31+,32+,33-,35-,37-,40-,41+,42+/m1/s1. The summed E-state index contributed by atoms with van der Waals surface area (Å²) >= 11 is 0. The van der Waals surface area contributed by atoms with Crippen molar-refractivity contribution in [2.45, 2.75) is 126 Å². The number of carbonyl (C=O) groups excluding carboxylic acids is 2. The van der Waals surface area contributed by atoms with Crippen LogP contribution in [0.3, 0.4) is 0 Å². The second-order valence-corrected chi connectivity index (χ2v) is 16.3. The Balaban J connectivity index is 1.37. The number of rotatable bonds is 15. The number of benzene rings is 2. The van der Waals surface area contributed by atoms with Crippen LogP contribution in [0.15, 0.2) is 39.5 Å². The molecule has 3 aliphatic heterocycles. The van der Waals surface area contributed by atoms with Gasteiger partial charge in [0.2, 0.25) is 23.8 Å². The molecule has 0 aliphatic carbocycles. The topological polar surface area (TPSA) is 381 Å². The Labute approximate surface area is 374 Å². The molecule has 0 unspecified atom stereocenters. The van der Waals surface area contributed by atoms with Crippen LogP contribution >= 0.6 is 0 Å². The van der Waals surface area contributed by atoms with E-state index >= 15 is 0 Å². The van der Waals surface area contributed by atoms with Crippen LogP contribution in [0, 0.1) is 11.8 Å². The molecule has 0 bridgehead atoms. The molecule has 3 saturated heterocycles. The fourth-order valence-corrected chi connectivity index (χ4v) is 7.18. The molecule has 0 amide bonds. The lowest BCUT2D eigenvalue weighted by Crippen LogP contribution is -2.65. The fourth-order valence-electron chi connectivity index (χ4n) is 7.18. The van der Waals surface area contributed by atoms with Crippen LogP contribution in [0.5, 0.6) is 28.7 Å². The quantitative estimate of drug-likeness (QED) is 0.0556. The van der Waals surface area contributed by atoms with Gasteiger partial charge in [0, 0.05) is 17.7 Å². The monoisotopic (exact) mass is 942 g/mol. The van der Waals surface area contributed by atoms with Gasteiger partial charge >= 0.3 is 11.9 Å². The summed E-state index contributed by atoms with van der Waals surface area (Å²) in [5.74, 6) is -7.10. The highest BCUT2D eigenvalue weighted by Crippen LogP contribution is 2.41. The number of hydrogen-bond donors (Lipinski definition) is 12. The lowest BCUT2D eigenvalue weighted by Gasteiger charge is -2.46. The first-order chi connectivity index (χ1) is 31.2. The van der Waals surface area contributed by atoms with Crippen LogP contribution < -0.4 is 14.9 Å².